The molecule has 2 aromatic rings. The van der Waals surface area contributed by atoms with Gasteiger partial charge >= 0.3 is 0 Å². The number of thioether (sulfide) groups is 1. The number of carbonyl (C=O) groups excluding carboxylic acids is 1. The molecule has 0 fully saturated rings. The molecule has 0 unspecified atom stereocenters. The van der Waals surface area contributed by atoms with E-state index in [2.05, 4.69) is 22.4 Å². The fourth-order valence-electron chi connectivity index (χ4n) is 1.79. The van der Waals surface area contributed by atoms with Gasteiger partial charge in [-0.25, -0.2) is 0 Å². The summed E-state index contributed by atoms with van der Waals surface area (Å²) in [5.41, 5.74) is 2.10. The molecule has 0 spiro atoms. The predicted octanol–water partition coefficient (Wildman–Crippen LogP) is 4.06. The number of amides is 1. The van der Waals surface area contributed by atoms with Gasteiger partial charge in [0.1, 0.15) is 5.75 Å². The third-order valence-electron chi connectivity index (χ3n) is 3.08. The number of carbonyl (C=O) groups is 1. The van der Waals surface area contributed by atoms with Gasteiger partial charge in [0.25, 0.3) is 5.91 Å². The molecule has 2 rings (SSSR count). The molecule has 1 N–H and O–H groups in total. The highest BCUT2D eigenvalue weighted by molar-refractivity contribution is 8.01. The number of ether oxygens (including phenoxy) is 1. The van der Waals surface area contributed by atoms with E-state index in [4.69, 9.17) is 4.74 Å². The number of aromatic nitrogens is 2. The SMILES string of the molecule is CCCSc1nnc(NC(=O)[C@H](C)Oc2cc(C)ccc2C)s1. The maximum Gasteiger partial charge on any atom is 0.266 e. The van der Waals surface area contributed by atoms with Crippen LogP contribution in [0.4, 0.5) is 5.13 Å². The first-order valence-corrected chi connectivity index (χ1v) is 9.31. The van der Waals surface area contributed by atoms with Crippen molar-refractivity contribution in [1.29, 1.82) is 0 Å². The van der Waals surface area contributed by atoms with Crippen molar-refractivity contribution in [3.05, 3.63) is 29.3 Å². The lowest BCUT2D eigenvalue weighted by molar-refractivity contribution is -0.122. The topological polar surface area (TPSA) is 64.1 Å². The molecular formula is C16H21N3O2S2. The van der Waals surface area contributed by atoms with Crippen molar-refractivity contribution < 1.29 is 9.53 Å². The third-order valence-corrected chi connectivity index (χ3v) is 5.26. The van der Waals surface area contributed by atoms with E-state index in [0.29, 0.717) is 5.13 Å². The molecule has 124 valence electrons. The van der Waals surface area contributed by atoms with Crippen LogP contribution in [0.1, 0.15) is 31.4 Å². The van der Waals surface area contributed by atoms with E-state index in [1.807, 2.05) is 32.0 Å². The highest BCUT2D eigenvalue weighted by Gasteiger charge is 2.18. The van der Waals surface area contributed by atoms with Crippen molar-refractivity contribution in [3.8, 4) is 5.75 Å². The van der Waals surface area contributed by atoms with Gasteiger partial charge in [0.2, 0.25) is 5.13 Å². The first kappa shape index (κ1) is 17.7. The molecule has 5 nitrogen and oxygen atoms in total. The fraction of sp³-hybridized carbons (Fsp3) is 0.438. The maximum absolute atomic E-state index is 12.2. The van der Waals surface area contributed by atoms with E-state index in [1.165, 1.54) is 11.3 Å². The Morgan fingerprint density at radius 1 is 1.39 bits per heavy atom. The van der Waals surface area contributed by atoms with Gasteiger partial charge in [-0.1, -0.05) is 42.2 Å². The number of benzene rings is 1. The molecule has 1 aromatic carbocycles. The second-order valence-corrected chi connectivity index (χ2v) is 7.56. The van der Waals surface area contributed by atoms with E-state index in [9.17, 15) is 4.79 Å². The summed E-state index contributed by atoms with van der Waals surface area (Å²) in [7, 11) is 0. The minimum atomic E-state index is -0.605. The van der Waals surface area contributed by atoms with Gasteiger partial charge in [-0.2, -0.15) is 0 Å². The molecule has 0 saturated carbocycles. The quantitative estimate of drug-likeness (QED) is 0.602. The average molecular weight is 351 g/mol. The highest BCUT2D eigenvalue weighted by atomic mass is 32.2. The normalized spacial score (nSPS) is 12.0. The Balaban J connectivity index is 1.94. The summed E-state index contributed by atoms with van der Waals surface area (Å²) < 4.78 is 6.64. The molecule has 1 amide bonds. The first-order valence-electron chi connectivity index (χ1n) is 7.50. The highest BCUT2D eigenvalue weighted by Crippen LogP contribution is 2.26. The molecular weight excluding hydrogens is 330 g/mol. The molecule has 0 aliphatic rings. The monoisotopic (exact) mass is 351 g/mol. The smallest absolute Gasteiger partial charge is 0.266 e. The van der Waals surface area contributed by atoms with Crippen LogP contribution in [0.3, 0.4) is 0 Å². The van der Waals surface area contributed by atoms with Crippen LogP contribution in [-0.4, -0.2) is 28.0 Å². The van der Waals surface area contributed by atoms with Crippen molar-refractivity contribution in [3.63, 3.8) is 0 Å². The van der Waals surface area contributed by atoms with E-state index >= 15 is 0 Å². The van der Waals surface area contributed by atoms with Gasteiger partial charge in [0.15, 0.2) is 10.4 Å². The van der Waals surface area contributed by atoms with Crippen LogP contribution in [0.15, 0.2) is 22.5 Å². The molecule has 23 heavy (non-hydrogen) atoms. The number of hydrogen-bond acceptors (Lipinski definition) is 6. The minimum absolute atomic E-state index is 0.228. The van der Waals surface area contributed by atoms with Gasteiger partial charge in [0.05, 0.1) is 0 Å². The number of hydrogen-bond donors (Lipinski definition) is 1. The first-order chi connectivity index (χ1) is 11.0. The Morgan fingerprint density at radius 3 is 2.91 bits per heavy atom. The number of nitrogens with zero attached hydrogens (tertiary/aromatic N) is 2. The molecule has 0 bridgehead atoms. The van der Waals surface area contributed by atoms with Crippen LogP contribution < -0.4 is 10.1 Å². The Bertz CT molecular complexity index is 673. The van der Waals surface area contributed by atoms with E-state index in [-0.39, 0.29) is 5.91 Å². The Kier molecular flexibility index (Phi) is 6.41. The van der Waals surface area contributed by atoms with Gasteiger partial charge < -0.3 is 4.74 Å². The molecule has 0 aliphatic carbocycles. The van der Waals surface area contributed by atoms with Crippen LogP contribution in [0.5, 0.6) is 5.75 Å². The summed E-state index contributed by atoms with van der Waals surface area (Å²) in [5.74, 6) is 1.49. The van der Waals surface area contributed by atoms with Gasteiger partial charge in [-0.15, -0.1) is 10.2 Å². The lowest BCUT2D eigenvalue weighted by atomic mass is 10.1. The molecule has 0 radical (unpaired) electrons. The fourth-order valence-corrected chi connectivity index (χ4v) is 3.47. The number of anilines is 1. The third kappa shape index (κ3) is 5.21. The van der Waals surface area contributed by atoms with Crippen molar-refractivity contribution >= 4 is 34.1 Å². The summed E-state index contributed by atoms with van der Waals surface area (Å²) in [4.78, 5) is 12.2. The lowest BCUT2D eigenvalue weighted by Crippen LogP contribution is -2.30. The predicted molar refractivity (Wildman–Crippen MR) is 95.6 cm³/mol. The molecule has 7 heteroatoms. The van der Waals surface area contributed by atoms with Crippen molar-refractivity contribution in [2.24, 2.45) is 0 Å². The summed E-state index contributed by atoms with van der Waals surface area (Å²) in [5, 5.41) is 11.3. The van der Waals surface area contributed by atoms with Crippen LogP contribution in [0.2, 0.25) is 0 Å². The second-order valence-electron chi connectivity index (χ2n) is 5.24. The zero-order valence-electron chi connectivity index (χ0n) is 13.8. The molecule has 1 aromatic heterocycles. The maximum atomic E-state index is 12.2. The lowest BCUT2D eigenvalue weighted by Gasteiger charge is -2.15. The zero-order valence-corrected chi connectivity index (χ0v) is 15.4. The summed E-state index contributed by atoms with van der Waals surface area (Å²) in [6.45, 7) is 7.79. The van der Waals surface area contributed by atoms with Gasteiger partial charge in [-0.05, 0) is 44.4 Å². The largest absolute Gasteiger partial charge is 0.481 e. The van der Waals surface area contributed by atoms with Gasteiger partial charge in [-0.3, -0.25) is 10.1 Å². The van der Waals surface area contributed by atoms with Gasteiger partial charge in [0, 0.05) is 5.75 Å². The van der Waals surface area contributed by atoms with Crippen molar-refractivity contribution in [1.82, 2.24) is 10.2 Å². The molecule has 0 aliphatic heterocycles. The Morgan fingerprint density at radius 2 is 2.17 bits per heavy atom. The van der Waals surface area contributed by atoms with E-state index in [1.54, 1.807) is 18.7 Å². The molecule has 1 atom stereocenters. The average Bonchev–Trinajstić information content (AvgIpc) is 2.96. The van der Waals surface area contributed by atoms with Crippen LogP contribution in [0, 0.1) is 13.8 Å². The summed E-state index contributed by atoms with van der Waals surface area (Å²) >= 11 is 3.03. The second kappa shape index (κ2) is 8.31. The van der Waals surface area contributed by atoms with E-state index in [0.717, 1.165) is 33.4 Å². The van der Waals surface area contributed by atoms with E-state index < -0.39 is 6.10 Å². The molecule has 0 saturated heterocycles. The Hall–Kier alpha value is -1.60. The summed E-state index contributed by atoms with van der Waals surface area (Å²) in [6, 6.07) is 5.94. The number of aryl methyl sites for hydroxylation is 2. The number of rotatable bonds is 7. The van der Waals surface area contributed by atoms with Crippen molar-refractivity contribution in [2.75, 3.05) is 11.1 Å². The standard InChI is InChI=1S/C16H21N3O2S2/c1-5-8-22-16-19-18-15(23-16)17-14(20)12(4)21-13-9-10(2)6-7-11(13)3/h6-7,9,12H,5,8H2,1-4H3,(H,17,18,20)/t12-/m0/s1. The van der Waals surface area contributed by atoms with Crippen LogP contribution in [0.25, 0.3) is 0 Å². The minimum Gasteiger partial charge on any atom is -0.481 e. The number of nitrogens with one attached hydrogen (secondary N) is 1. The van der Waals surface area contributed by atoms with Crippen molar-refractivity contribution in [2.45, 2.75) is 44.6 Å². The summed E-state index contributed by atoms with van der Waals surface area (Å²) in [6.07, 6.45) is 0.471. The molecule has 1 heterocycles. The van der Waals surface area contributed by atoms with Crippen LogP contribution in [-0.2, 0) is 4.79 Å². The zero-order chi connectivity index (χ0) is 16.8. The van der Waals surface area contributed by atoms with Crippen LogP contribution >= 0.6 is 23.1 Å². The Labute approximate surface area is 144 Å².